The fourth-order valence-corrected chi connectivity index (χ4v) is 3.96. The van der Waals surface area contributed by atoms with E-state index >= 15 is 0 Å². The van der Waals surface area contributed by atoms with E-state index < -0.39 is 54.0 Å². The first-order valence-electron chi connectivity index (χ1n) is 11.3. The van der Waals surface area contributed by atoms with Crippen LogP contribution in [0.15, 0.2) is 11.6 Å². The van der Waals surface area contributed by atoms with E-state index in [2.05, 4.69) is 0 Å². The molecule has 2 fully saturated rings. The molecule has 0 spiro atoms. The van der Waals surface area contributed by atoms with Gasteiger partial charge in [0.15, 0.2) is 0 Å². The van der Waals surface area contributed by atoms with Gasteiger partial charge < -0.3 is 24.6 Å². The number of likely N-dealkylation sites (tertiary alicyclic amines) is 1. The predicted molar refractivity (Wildman–Crippen MR) is 114 cm³/mol. The van der Waals surface area contributed by atoms with Crippen molar-refractivity contribution >= 4 is 17.7 Å². The number of ether oxygens (including phenoxy) is 2. The molecule has 2 saturated heterocycles. The maximum absolute atomic E-state index is 13.7. The van der Waals surface area contributed by atoms with Gasteiger partial charge in [0, 0.05) is 24.8 Å². The van der Waals surface area contributed by atoms with Crippen LogP contribution in [0.4, 0.5) is 4.39 Å². The first-order chi connectivity index (χ1) is 14.9. The Bertz CT molecular complexity index is 740. The predicted octanol–water partition coefficient (Wildman–Crippen LogP) is 2.26. The van der Waals surface area contributed by atoms with Gasteiger partial charge in [0.2, 0.25) is 12.1 Å². The fourth-order valence-electron chi connectivity index (χ4n) is 3.96. The Morgan fingerprint density at radius 3 is 2.47 bits per heavy atom. The highest BCUT2D eigenvalue weighted by atomic mass is 19.1. The molecule has 182 valence electrons. The fraction of sp³-hybridized carbons (Fsp3) is 0.783. The third kappa shape index (κ3) is 5.94. The van der Waals surface area contributed by atoms with E-state index in [1.807, 2.05) is 13.0 Å². The molecule has 7 atom stereocenters. The van der Waals surface area contributed by atoms with Crippen LogP contribution < -0.4 is 0 Å². The SMILES string of the molecule is C/C(=C\C(C)C(C)O)C(C)OC(=O)C1CCCCN1C(=O)C(=O)C1(O)OC(F)CCC1C. The van der Waals surface area contributed by atoms with E-state index in [4.69, 9.17) is 9.47 Å². The summed E-state index contributed by atoms with van der Waals surface area (Å²) in [4.78, 5) is 39.8. The van der Waals surface area contributed by atoms with Crippen LogP contribution in [-0.2, 0) is 23.9 Å². The number of hydrogen-bond donors (Lipinski definition) is 2. The van der Waals surface area contributed by atoms with Gasteiger partial charge in [-0.05, 0) is 52.0 Å². The van der Waals surface area contributed by atoms with Crippen molar-refractivity contribution in [2.45, 2.75) is 97.1 Å². The van der Waals surface area contributed by atoms with Crippen LogP contribution in [-0.4, -0.2) is 69.7 Å². The van der Waals surface area contributed by atoms with Crippen LogP contribution in [0.2, 0.25) is 0 Å². The molecule has 9 heteroatoms. The highest BCUT2D eigenvalue weighted by molar-refractivity contribution is 6.39. The van der Waals surface area contributed by atoms with Crippen molar-refractivity contribution in [2.75, 3.05) is 6.54 Å². The van der Waals surface area contributed by atoms with Crippen LogP contribution in [0.25, 0.3) is 0 Å². The second-order valence-corrected chi connectivity index (χ2v) is 9.13. The average Bonchev–Trinajstić information content (AvgIpc) is 2.75. The Hall–Kier alpha value is -1.84. The normalized spacial score (nSPS) is 32.1. The molecule has 7 unspecified atom stereocenters. The number of halogens is 1. The summed E-state index contributed by atoms with van der Waals surface area (Å²) >= 11 is 0. The zero-order valence-electron chi connectivity index (χ0n) is 19.5. The number of carbonyl (C=O) groups excluding carboxylic acids is 3. The quantitative estimate of drug-likeness (QED) is 0.342. The van der Waals surface area contributed by atoms with E-state index in [1.54, 1.807) is 20.8 Å². The molecule has 2 heterocycles. The lowest BCUT2D eigenvalue weighted by Crippen LogP contribution is -2.60. The van der Waals surface area contributed by atoms with E-state index in [-0.39, 0.29) is 25.3 Å². The van der Waals surface area contributed by atoms with Crippen LogP contribution in [0.5, 0.6) is 0 Å². The number of esters is 1. The van der Waals surface area contributed by atoms with Crippen molar-refractivity contribution in [1.29, 1.82) is 0 Å². The lowest BCUT2D eigenvalue weighted by atomic mass is 9.88. The van der Waals surface area contributed by atoms with Gasteiger partial charge in [-0.3, -0.25) is 9.59 Å². The molecule has 0 aromatic heterocycles. The van der Waals surface area contributed by atoms with Crippen molar-refractivity contribution in [1.82, 2.24) is 4.90 Å². The van der Waals surface area contributed by atoms with Gasteiger partial charge in [-0.2, -0.15) is 0 Å². The molecule has 0 radical (unpaired) electrons. The lowest BCUT2D eigenvalue weighted by Gasteiger charge is -2.40. The third-order valence-corrected chi connectivity index (χ3v) is 6.58. The van der Waals surface area contributed by atoms with Crippen molar-refractivity contribution in [3.05, 3.63) is 11.6 Å². The summed E-state index contributed by atoms with van der Waals surface area (Å²) in [5, 5.41) is 20.3. The van der Waals surface area contributed by atoms with E-state index in [1.165, 1.54) is 6.92 Å². The largest absolute Gasteiger partial charge is 0.457 e. The number of amides is 1. The van der Waals surface area contributed by atoms with Gasteiger partial charge in [-0.1, -0.05) is 19.9 Å². The summed E-state index contributed by atoms with van der Waals surface area (Å²) in [6, 6.07) is -0.978. The summed E-state index contributed by atoms with van der Waals surface area (Å²) < 4.78 is 24.1. The Morgan fingerprint density at radius 2 is 1.84 bits per heavy atom. The van der Waals surface area contributed by atoms with E-state index in [0.29, 0.717) is 19.3 Å². The van der Waals surface area contributed by atoms with Crippen LogP contribution >= 0.6 is 0 Å². The summed E-state index contributed by atoms with van der Waals surface area (Å²) in [6.07, 6.45) is 0.639. The van der Waals surface area contributed by atoms with Crippen molar-refractivity contribution in [3.63, 3.8) is 0 Å². The van der Waals surface area contributed by atoms with Gasteiger partial charge >= 0.3 is 5.97 Å². The zero-order chi connectivity index (χ0) is 24.2. The maximum Gasteiger partial charge on any atom is 0.329 e. The minimum absolute atomic E-state index is 0.0298. The van der Waals surface area contributed by atoms with Crippen molar-refractivity contribution in [2.24, 2.45) is 11.8 Å². The summed E-state index contributed by atoms with van der Waals surface area (Å²) in [7, 11) is 0. The van der Waals surface area contributed by atoms with Gasteiger partial charge in [0.05, 0.1) is 6.10 Å². The molecule has 0 aromatic rings. The van der Waals surface area contributed by atoms with Gasteiger partial charge in [0.1, 0.15) is 12.1 Å². The minimum atomic E-state index is -2.55. The number of Topliss-reactive ketones (excluding diaryl/α,β-unsaturated/α-hetero) is 1. The summed E-state index contributed by atoms with van der Waals surface area (Å²) in [5.74, 6) is -6.42. The van der Waals surface area contributed by atoms with E-state index in [0.717, 1.165) is 10.5 Å². The van der Waals surface area contributed by atoms with Crippen LogP contribution in [0.3, 0.4) is 0 Å². The molecule has 0 bridgehead atoms. The Morgan fingerprint density at radius 1 is 1.19 bits per heavy atom. The summed E-state index contributed by atoms with van der Waals surface area (Å²) in [6.45, 7) is 8.66. The molecule has 2 N–H and O–H groups in total. The van der Waals surface area contributed by atoms with Gasteiger partial charge in [-0.15, -0.1) is 0 Å². The number of piperidine rings is 1. The Balaban J connectivity index is 2.13. The molecular formula is C23H36FNO7. The molecule has 0 saturated carbocycles. The smallest absolute Gasteiger partial charge is 0.329 e. The molecule has 2 rings (SSSR count). The highest BCUT2D eigenvalue weighted by Crippen LogP contribution is 2.34. The molecular weight excluding hydrogens is 421 g/mol. The Labute approximate surface area is 188 Å². The lowest BCUT2D eigenvalue weighted by molar-refractivity contribution is -0.286. The van der Waals surface area contributed by atoms with Gasteiger partial charge in [0.25, 0.3) is 11.7 Å². The second kappa shape index (κ2) is 10.9. The molecule has 0 aromatic carbocycles. The number of carbonyl (C=O) groups is 3. The molecule has 32 heavy (non-hydrogen) atoms. The molecule has 2 aliphatic rings. The topological polar surface area (TPSA) is 113 Å². The first kappa shape index (κ1) is 26.4. The number of nitrogens with zero attached hydrogens (tertiary/aromatic N) is 1. The van der Waals surface area contributed by atoms with E-state index in [9.17, 15) is 29.0 Å². The minimum Gasteiger partial charge on any atom is -0.457 e. The zero-order valence-corrected chi connectivity index (χ0v) is 19.5. The summed E-state index contributed by atoms with van der Waals surface area (Å²) in [5.41, 5.74) is 0.754. The monoisotopic (exact) mass is 457 g/mol. The average molecular weight is 458 g/mol. The Kier molecular flexibility index (Phi) is 8.96. The standard InChI is InChI=1S/C23H36FNO7/c1-13(16(4)26)12-14(2)17(5)31-22(29)18-8-6-7-11-25(18)21(28)20(27)23(30)15(3)9-10-19(24)32-23/h12-13,15-19,26,30H,6-11H2,1-5H3/b14-12+. The third-order valence-electron chi connectivity index (χ3n) is 6.58. The highest BCUT2D eigenvalue weighted by Gasteiger charge is 2.52. The number of aliphatic hydroxyl groups is 2. The second-order valence-electron chi connectivity index (χ2n) is 9.13. The molecule has 0 aliphatic carbocycles. The van der Waals surface area contributed by atoms with Crippen LogP contribution in [0, 0.1) is 11.8 Å². The number of hydrogen-bond acceptors (Lipinski definition) is 7. The molecule has 2 aliphatic heterocycles. The number of aliphatic hydroxyl groups excluding tert-OH is 1. The van der Waals surface area contributed by atoms with Crippen molar-refractivity contribution in [3.8, 4) is 0 Å². The number of alkyl halides is 1. The molecule has 8 nitrogen and oxygen atoms in total. The maximum atomic E-state index is 13.7. The van der Waals surface area contributed by atoms with Crippen LogP contribution in [0.1, 0.15) is 66.7 Å². The first-order valence-corrected chi connectivity index (χ1v) is 11.3. The number of ketones is 1. The molecule has 1 amide bonds. The van der Waals surface area contributed by atoms with Gasteiger partial charge in [-0.25, -0.2) is 9.18 Å². The van der Waals surface area contributed by atoms with Crippen molar-refractivity contribution < 1.29 is 38.5 Å². The number of rotatable bonds is 7.